The smallest absolute Gasteiger partial charge is 0.338 e. The molecule has 19 heavy (non-hydrogen) atoms. The van der Waals surface area contributed by atoms with Crippen molar-refractivity contribution in [3.8, 4) is 0 Å². The number of hydrogen-bond donors (Lipinski definition) is 0. The second-order valence-electron chi connectivity index (χ2n) is 4.72. The highest BCUT2D eigenvalue weighted by atomic mass is 16.5. The minimum absolute atomic E-state index is 0.221. The molecule has 1 aromatic carbocycles. The molecule has 1 rings (SSSR count). The molecule has 0 heterocycles. The van der Waals surface area contributed by atoms with Gasteiger partial charge in [-0.15, -0.1) is 0 Å². The Kier molecular flexibility index (Phi) is 5.99. The monoisotopic (exact) mass is 265 g/mol. The second-order valence-corrected chi connectivity index (χ2v) is 4.72. The summed E-state index contributed by atoms with van der Waals surface area (Å²) in [6, 6.07) is 6.15. The number of nitrogens with zero attached hydrogens (tertiary/aromatic N) is 1. The predicted molar refractivity (Wildman–Crippen MR) is 75.4 cm³/mol. The molecule has 0 bridgehead atoms. The molecule has 0 amide bonds. The van der Waals surface area contributed by atoms with Crippen LogP contribution >= 0.6 is 0 Å². The average molecular weight is 265 g/mol. The predicted octanol–water partition coefficient (Wildman–Crippen LogP) is 2.42. The van der Waals surface area contributed by atoms with E-state index < -0.39 is 0 Å². The van der Waals surface area contributed by atoms with Crippen molar-refractivity contribution in [3.05, 3.63) is 34.9 Å². The van der Waals surface area contributed by atoms with Crippen LogP contribution in [0.15, 0.2) is 18.2 Å². The lowest BCUT2D eigenvalue weighted by Gasteiger charge is -2.25. The van der Waals surface area contributed by atoms with Crippen LogP contribution in [0.2, 0.25) is 0 Å². The van der Waals surface area contributed by atoms with Crippen LogP contribution in [0.5, 0.6) is 0 Å². The Labute approximate surface area is 115 Å². The van der Waals surface area contributed by atoms with Gasteiger partial charge >= 0.3 is 5.97 Å². The first kappa shape index (κ1) is 15.7. The quantitative estimate of drug-likeness (QED) is 0.740. The molecule has 0 saturated heterocycles. The lowest BCUT2D eigenvalue weighted by Crippen LogP contribution is -2.26. The summed E-state index contributed by atoms with van der Waals surface area (Å²) in [6.07, 6.45) is 0. The number of rotatable bonds is 6. The number of likely N-dealkylation sites (N-methyl/N-ethyl adjacent to an activating group) is 1. The zero-order chi connectivity index (χ0) is 14.4. The van der Waals surface area contributed by atoms with Gasteiger partial charge in [0.25, 0.3) is 0 Å². The van der Waals surface area contributed by atoms with Crippen LogP contribution in [-0.2, 0) is 9.47 Å². The molecule has 0 N–H and O–H groups in total. The summed E-state index contributed by atoms with van der Waals surface area (Å²) in [6.45, 7) is 5.56. The maximum absolute atomic E-state index is 11.7. The van der Waals surface area contributed by atoms with Gasteiger partial charge in [0, 0.05) is 19.7 Å². The first-order valence-electron chi connectivity index (χ1n) is 6.39. The van der Waals surface area contributed by atoms with Gasteiger partial charge < -0.3 is 9.47 Å². The molecule has 1 atom stereocenters. The standard InChI is InChI=1S/C15H23NO3/c1-11-6-7-13(10-14(11)15(17)19-5)12(2)16(3)8-9-18-4/h6-7,10,12H,8-9H2,1-5H3. The first-order chi connectivity index (χ1) is 9.01. The molecule has 0 aromatic heterocycles. The van der Waals surface area contributed by atoms with Gasteiger partial charge in [-0.1, -0.05) is 12.1 Å². The Morgan fingerprint density at radius 1 is 1.37 bits per heavy atom. The molecule has 0 saturated carbocycles. The molecule has 1 aromatic rings. The zero-order valence-corrected chi connectivity index (χ0v) is 12.4. The van der Waals surface area contributed by atoms with Crippen molar-refractivity contribution in [2.24, 2.45) is 0 Å². The number of carbonyl (C=O) groups excluding carboxylic acids is 1. The van der Waals surface area contributed by atoms with Crippen molar-refractivity contribution in [2.75, 3.05) is 34.4 Å². The largest absolute Gasteiger partial charge is 0.465 e. The van der Waals surface area contributed by atoms with Gasteiger partial charge in [-0.3, -0.25) is 4.90 Å². The minimum Gasteiger partial charge on any atom is -0.465 e. The van der Waals surface area contributed by atoms with Crippen LogP contribution in [0.4, 0.5) is 0 Å². The van der Waals surface area contributed by atoms with E-state index in [0.717, 1.165) is 17.7 Å². The van der Waals surface area contributed by atoms with E-state index in [9.17, 15) is 4.79 Å². The Balaban J connectivity index is 2.92. The Hall–Kier alpha value is -1.39. The number of methoxy groups -OCH3 is 2. The molecule has 0 aliphatic carbocycles. The first-order valence-corrected chi connectivity index (χ1v) is 6.39. The maximum atomic E-state index is 11.7. The molecule has 0 spiro atoms. The van der Waals surface area contributed by atoms with Gasteiger partial charge in [-0.25, -0.2) is 4.79 Å². The van der Waals surface area contributed by atoms with Crippen LogP contribution in [-0.4, -0.2) is 45.3 Å². The maximum Gasteiger partial charge on any atom is 0.338 e. The normalized spacial score (nSPS) is 12.5. The summed E-state index contributed by atoms with van der Waals surface area (Å²) in [4.78, 5) is 13.9. The zero-order valence-electron chi connectivity index (χ0n) is 12.4. The highest BCUT2D eigenvalue weighted by Crippen LogP contribution is 2.22. The van der Waals surface area contributed by atoms with E-state index in [1.165, 1.54) is 7.11 Å². The third-order valence-electron chi connectivity index (χ3n) is 3.46. The molecule has 4 heteroatoms. The minimum atomic E-state index is -0.286. The highest BCUT2D eigenvalue weighted by Gasteiger charge is 2.15. The van der Waals surface area contributed by atoms with Crippen LogP contribution in [0.1, 0.15) is 34.5 Å². The van der Waals surface area contributed by atoms with Crippen LogP contribution in [0.3, 0.4) is 0 Å². The fourth-order valence-electron chi connectivity index (χ4n) is 1.91. The Morgan fingerprint density at radius 2 is 2.05 bits per heavy atom. The molecular weight excluding hydrogens is 242 g/mol. The average Bonchev–Trinajstić information content (AvgIpc) is 2.43. The van der Waals surface area contributed by atoms with Crippen LogP contribution < -0.4 is 0 Å². The fraction of sp³-hybridized carbons (Fsp3) is 0.533. The van der Waals surface area contributed by atoms with Gasteiger partial charge in [0.05, 0.1) is 19.3 Å². The number of esters is 1. The van der Waals surface area contributed by atoms with E-state index in [4.69, 9.17) is 9.47 Å². The number of aryl methyl sites for hydroxylation is 1. The van der Waals surface area contributed by atoms with Crippen molar-refractivity contribution in [1.82, 2.24) is 4.90 Å². The van der Waals surface area contributed by atoms with E-state index >= 15 is 0 Å². The Bertz CT molecular complexity index is 431. The molecule has 0 aliphatic rings. The van der Waals surface area contributed by atoms with E-state index in [1.807, 2.05) is 26.1 Å². The molecule has 0 radical (unpaired) electrons. The van der Waals surface area contributed by atoms with E-state index in [2.05, 4.69) is 17.9 Å². The molecule has 0 aliphatic heterocycles. The van der Waals surface area contributed by atoms with Crippen LogP contribution in [0.25, 0.3) is 0 Å². The SMILES string of the molecule is COCCN(C)C(C)c1ccc(C)c(C(=O)OC)c1. The lowest BCUT2D eigenvalue weighted by atomic mass is 10.0. The molecule has 106 valence electrons. The van der Waals surface area contributed by atoms with E-state index in [1.54, 1.807) is 7.11 Å². The summed E-state index contributed by atoms with van der Waals surface area (Å²) in [5.74, 6) is -0.286. The van der Waals surface area contributed by atoms with Gasteiger partial charge in [-0.05, 0) is 38.1 Å². The summed E-state index contributed by atoms with van der Waals surface area (Å²) in [7, 11) is 5.14. The third-order valence-corrected chi connectivity index (χ3v) is 3.46. The fourth-order valence-corrected chi connectivity index (χ4v) is 1.91. The van der Waals surface area contributed by atoms with Crippen molar-refractivity contribution in [2.45, 2.75) is 19.9 Å². The van der Waals surface area contributed by atoms with Gasteiger partial charge in [0.1, 0.15) is 0 Å². The van der Waals surface area contributed by atoms with Gasteiger partial charge in [-0.2, -0.15) is 0 Å². The lowest BCUT2D eigenvalue weighted by molar-refractivity contribution is 0.0599. The molecule has 1 unspecified atom stereocenters. The second kappa shape index (κ2) is 7.26. The summed E-state index contributed by atoms with van der Waals surface area (Å²) in [5.41, 5.74) is 2.67. The van der Waals surface area contributed by atoms with Crippen molar-refractivity contribution in [3.63, 3.8) is 0 Å². The highest BCUT2D eigenvalue weighted by molar-refractivity contribution is 5.91. The van der Waals surface area contributed by atoms with Crippen LogP contribution in [0, 0.1) is 6.92 Å². The number of ether oxygens (including phenoxy) is 2. The van der Waals surface area contributed by atoms with E-state index in [-0.39, 0.29) is 12.0 Å². The van der Waals surface area contributed by atoms with Gasteiger partial charge in [0.15, 0.2) is 0 Å². The van der Waals surface area contributed by atoms with Gasteiger partial charge in [0.2, 0.25) is 0 Å². The summed E-state index contributed by atoms with van der Waals surface area (Å²) >= 11 is 0. The summed E-state index contributed by atoms with van der Waals surface area (Å²) < 4.78 is 9.89. The van der Waals surface area contributed by atoms with Crippen molar-refractivity contribution in [1.29, 1.82) is 0 Å². The number of hydrogen-bond acceptors (Lipinski definition) is 4. The third kappa shape index (κ3) is 4.04. The summed E-state index contributed by atoms with van der Waals surface area (Å²) in [5, 5.41) is 0. The van der Waals surface area contributed by atoms with E-state index in [0.29, 0.717) is 12.2 Å². The Morgan fingerprint density at radius 3 is 2.63 bits per heavy atom. The molecule has 0 fully saturated rings. The van der Waals surface area contributed by atoms with Crippen molar-refractivity contribution >= 4 is 5.97 Å². The topological polar surface area (TPSA) is 38.8 Å². The molecular formula is C15H23NO3. The number of carbonyl (C=O) groups is 1. The number of benzene rings is 1. The molecule has 4 nitrogen and oxygen atoms in total. The van der Waals surface area contributed by atoms with Crippen molar-refractivity contribution < 1.29 is 14.3 Å².